The monoisotopic (exact) mass is 195 g/mol. The fraction of sp³-hybridized carbons (Fsp3) is 0.636. The van der Waals surface area contributed by atoms with Gasteiger partial charge in [0, 0.05) is 18.5 Å². The first kappa shape index (κ1) is 9.22. The Hall–Kier alpha value is -0.340. The second kappa shape index (κ2) is 3.43. The molecular weight excluding hydrogens is 178 g/mol. The summed E-state index contributed by atoms with van der Waals surface area (Å²) in [5, 5.41) is 7.86. The van der Waals surface area contributed by atoms with Gasteiger partial charge in [-0.15, -0.1) is 0 Å². The first-order valence-corrected chi connectivity index (χ1v) is 5.89. The normalized spacial score (nSPS) is 20.2. The molecule has 0 unspecified atom stereocenters. The van der Waals surface area contributed by atoms with Crippen molar-refractivity contribution in [1.29, 1.82) is 0 Å². The molecule has 2 heterocycles. The number of hydrogen-bond donors (Lipinski definition) is 1. The molecule has 0 spiro atoms. The zero-order valence-electron chi connectivity index (χ0n) is 8.34. The number of hydrogen-bond acceptors (Lipinski definition) is 2. The molecule has 0 aromatic carbocycles. The van der Waals surface area contributed by atoms with Crippen molar-refractivity contribution in [3.05, 3.63) is 22.4 Å². The van der Waals surface area contributed by atoms with Crippen molar-refractivity contribution in [2.75, 3.05) is 13.1 Å². The average Bonchev–Trinajstić information content (AvgIpc) is 2.47. The van der Waals surface area contributed by atoms with Crippen molar-refractivity contribution in [3.63, 3.8) is 0 Å². The minimum atomic E-state index is 0.543. The maximum Gasteiger partial charge on any atom is 0.00259 e. The van der Waals surface area contributed by atoms with E-state index in [1.807, 2.05) is 0 Å². The van der Waals surface area contributed by atoms with Gasteiger partial charge in [-0.1, -0.05) is 13.8 Å². The van der Waals surface area contributed by atoms with Crippen LogP contribution in [0.1, 0.15) is 19.4 Å². The average molecular weight is 195 g/mol. The summed E-state index contributed by atoms with van der Waals surface area (Å²) in [4.78, 5) is 0. The van der Waals surface area contributed by atoms with E-state index in [4.69, 9.17) is 0 Å². The van der Waals surface area contributed by atoms with Crippen LogP contribution in [0.15, 0.2) is 16.8 Å². The largest absolute Gasteiger partial charge is 0.315 e. The van der Waals surface area contributed by atoms with Gasteiger partial charge in [0.05, 0.1) is 0 Å². The maximum absolute atomic E-state index is 3.40. The molecule has 1 aromatic rings. The first-order chi connectivity index (χ1) is 6.23. The highest BCUT2D eigenvalue weighted by Gasteiger charge is 2.39. The van der Waals surface area contributed by atoms with Crippen LogP contribution in [0.2, 0.25) is 0 Å². The second-order valence-electron chi connectivity index (χ2n) is 4.43. The van der Waals surface area contributed by atoms with Gasteiger partial charge >= 0.3 is 0 Å². The highest BCUT2D eigenvalue weighted by molar-refractivity contribution is 7.07. The van der Waals surface area contributed by atoms with E-state index in [-0.39, 0.29) is 0 Å². The van der Waals surface area contributed by atoms with Crippen LogP contribution >= 0.6 is 11.3 Å². The molecule has 1 aliphatic rings. The first-order valence-electron chi connectivity index (χ1n) is 4.95. The Bertz CT molecular complexity index is 260. The molecule has 1 aromatic heterocycles. The summed E-state index contributed by atoms with van der Waals surface area (Å²) in [7, 11) is 0. The summed E-state index contributed by atoms with van der Waals surface area (Å²) in [6, 6.07) is 2.26. The number of thiophene rings is 1. The van der Waals surface area contributed by atoms with E-state index in [9.17, 15) is 0 Å². The van der Waals surface area contributed by atoms with Crippen LogP contribution in [0.5, 0.6) is 0 Å². The van der Waals surface area contributed by atoms with Crippen LogP contribution in [0.3, 0.4) is 0 Å². The molecular formula is C11H17NS. The lowest BCUT2D eigenvalue weighted by atomic mass is 9.69. The molecule has 1 nitrogen and oxygen atoms in total. The van der Waals surface area contributed by atoms with Crippen LogP contribution in [-0.4, -0.2) is 13.1 Å². The standard InChI is InChI=1S/C11H17NS/c1-9(2)11(7-12-8-11)5-10-3-4-13-6-10/h3-4,6,9,12H,5,7-8H2,1-2H3. The van der Waals surface area contributed by atoms with Crippen LogP contribution in [0.4, 0.5) is 0 Å². The SMILES string of the molecule is CC(C)C1(Cc2ccsc2)CNC1. The van der Waals surface area contributed by atoms with Gasteiger partial charge in [0.1, 0.15) is 0 Å². The van der Waals surface area contributed by atoms with E-state index in [1.54, 1.807) is 11.3 Å². The minimum absolute atomic E-state index is 0.543. The van der Waals surface area contributed by atoms with Gasteiger partial charge in [-0.2, -0.15) is 11.3 Å². The summed E-state index contributed by atoms with van der Waals surface area (Å²) in [6.45, 7) is 7.07. The fourth-order valence-electron chi connectivity index (χ4n) is 1.98. The zero-order chi connectivity index (χ0) is 9.31. The quantitative estimate of drug-likeness (QED) is 0.781. The third-order valence-corrected chi connectivity index (χ3v) is 4.05. The second-order valence-corrected chi connectivity index (χ2v) is 5.21. The molecule has 0 amide bonds. The molecule has 1 aliphatic heterocycles. The van der Waals surface area contributed by atoms with Crippen molar-refractivity contribution in [2.45, 2.75) is 20.3 Å². The van der Waals surface area contributed by atoms with E-state index in [0.717, 1.165) is 5.92 Å². The topological polar surface area (TPSA) is 12.0 Å². The molecule has 0 aliphatic carbocycles. The Kier molecular flexibility index (Phi) is 2.43. The van der Waals surface area contributed by atoms with E-state index in [1.165, 1.54) is 25.1 Å². The predicted molar refractivity (Wildman–Crippen MR) is 58.2 cm³/mol. The Morgan fingerprint density at radius 1 is 1.54 bits per heavy atom. The third-order valence-electron chi connectivity index (χ3n) is 3.32. The molecule has 13 heavy (non-hydrogen) atoms. The fourth-order valence-corrected chi connectivity index (χ4v) is 2.65. The molecule has 2 heteroatoms. The van der Waals surface area contributed by atoms with Gasteiger partial charge < -0.3 is 5.32 Å². The highest BCUT2D eigenvalue weighted by atomic mass is 32.1. The van der Waals surface area contributed by atoms with Crippen LogP contribution in [-0.2, 0) is 6.42 Å². The number of nitrogens with one attached hydrogen (secondary N) is 1. The van der Waals surface area contributed by atoms with Gasteiger partial charge in [-0.25, -0.2) is 0 Å². The zero-order valence-corrected chi connectivity index (χ0v) is 9.16. The molecule has 72 valence electrons. The smallest absolute Gasteiger partial charge is 0.00259 e. The van der Waals surface area contributed by atoms with Crippen LogP contribution < -0.4 is 5.32 Å². The van der Waals surface area contributed by atoms with Gasteiger partial charge in [0.2, 0.25) is 0 Å². The Morgan fingerprint density at radius 2 is 2.31 bits per heavy atom. The molecule has 1 N–H and O–H groups in total. The summed E-state index contributed by atoms with van der Waals surface area (Å²) in [6.07, 6.45) is 1.25. The van der Waals surface area contributed by atoms with E-state index in [2.05, 4.69) is 36.0 Å². The van der Waals surface area contributed by atoms with Gasteiger partial charge in [-0.05, 0) is 34.7 Å². The lowest BCUT2D eigenvalue weighted by molar-refractivity contribution is 0.0996. The van der Waals surface area contributed by atoms with Crippen molar-refractivity contribution in [1.82, 2.24) is 5.32 Å². The third kappa shape index (κ3) is 1.65. The molecule has 1 fully saturated rings. The van der Waals surface area contributed by atoms with Gasteiger partial charge in [0.15, 0.2) is 0 Å². The van der Waals surface area contributed by atoms with Crippen LogP contribution in [0.25, 0.3) is 0 Å². The Balaban J connectivity index is 2.07. The summed E-state index contributed by atoms with van der Waals surface area (Å²) >= 11 is 1.81. The summed E-state index contributed by atoms with van der Waals surface area (Å²) in [5.41, 5.74) is 2.06. The van der Waals surface area contributed by atoms with E-state index in [0.29, 0.717) is 5.41 Å². The summed E-state index contributed by atoms with van der Waals surface area (Å²) < 4.78 is 0. The highest BCUT2D eigenvalue weighted by Crippen LogP contribution is 2.35. The van der Waals surface area contributed by atoms with Crippen molar-refractivity contribution < 1.29 is 0 Å². The van der Waals surface area contributed by atoms with Gasteiger partial charge in [-0.3, -0.25) is 0 Å². The van der Waals surface area contributed by atoms with Gasteiger partial charge in [0.25, 0.3) is 0 Å². The minimum Gasteiger partial charge on any atom is -0.315 e. The van der Waals surface area contributed by atoms with Crippen LogP contribution in [0, 0.1) is 11.3 Å². The van der Waals surface area contributed by atoms with Crippen molar-refractivity contribution in [3.8, 4) is 0 Å². The molecule has 0 radical (unpaired) electrons. The maximum atomic E-state index is 3.40. The molecule has 2 rings (SSSR count). The predicted octanol–water partition coefficient (Wildman–Crippen LogP) is 2.54. The lowest BCUT2D eigenvalue weighted by Crippen LogP contribution is -2.57. The summed E-state index contributed by atoms with van der Waals surface area (Å²) in [5.74, 6) is 0.786. The lowest BCUT2D eigenvalue weighted by Gasteiger charge is -2.46. The molecule has 0 saturated carbocycles. The van der Waals surface area contributed by atoms with Crippen molar-refractivity contribution in [2.24, 2.45) is 11.3 Å². The Labute approximate surface area is 84.2 Å². The number of rotatable bonds is 3. The van der Waals surface area contributed by atoms with E-state index >= 15 is 0 Å². The van der Waals surface area contributed by atoms with Crippen molar-refractivity contribution >= 4 is 11.3 Å². The molecule has 0 bridgehead atoms. The molecule has 0 atom stereocenters. The molecule has 1 saturated heterocycles. The van der Waals surface area contributed by atoms with E-state index < -0.39 is 0 Å². The Morgan fingerprint density at radius 3 is 2.69 bits per heavy atom.